The highest BCUT2D eigenvalue weighted by molar-refractivity contribution is 7.89. The Hall–Kier alpha value is -1.64. The molecule has 0 heterocycles. The van der Waals surface area contributed by atoms with Gasteiger partial charge in [-0.25, -0.2) is 13.1 Å². The molecule has 21 heavy (non-hydrogen) atoms. The number of aliphatic hydroxyl groups excluding tert-OH is 1. The molecule has 1 amide bonds. The summed E-state index contributed by atoms with van der Waals surface area (Å²) >= 11 is 0. The fourth-order valence-corrected chi connectivity index (χ4v) is 2.91. The van der Waals surface area contributed by atoms with Crippen LogP contribution < -0.4 is 14.8 Å². The molecule has 0 unspecified atom stereocenters. The topological polar surface area (TPSA) is 105 Å². The summed E-state index contributed by atoms with van der Waals surface area (Å²) in [5.74, 6) is -0.234. The van der Waals surface area contributed by atoms with Crippen LogP contribution in [0.5, 0.6) is 5.75 Å². The molecule has 118 valence electrons. The molecule has 0 atom stereocenters. The van der Waals surface area contributed by atoms with Gasteiger partial charge in [-0.15, -0.1) is 0 Å². The number of amides is 1. The number of sulfonamides is 1. The second-order valence-corrected chi connectivity index (χ2v) is 5.94. The molecule has 0 radical (unpaired) electrons. The number of aliphatic hydroxyl groups is 1. The summed E-state index contributed by atoms with van der Waals surface area (Å²) in [6.07, 6.45) is 0.435. The van der Waals surface area contributed by atoms with Crippen LogP contribution >= 0.6 is 0 Å². The minimum absolute atomic E-state index is 0.0249. The third-order valence-corrected chi connectivity index (χ3v) is 4.24. The number of ether oxygens (including phenoxy) is 1. The van der Waals surface area contributed by atoms with Gasteiger partial charge in [-0.3, -0.25) is 4.79 Å². The molecule has 0 aromatic heterocycles. The zero-order valence-corrected chi connectivity index (χ0v) is 12.9. The number of methoxy groups -OCH3 is 1. The second-order valence-electron chi connectivity index (χ2n) is 4.20. The molecule has 0 saturated heterocycles. The maximum atomic E-state index is 12.1. The summed E-state index contributed by atoms with van der Waals surface area (Å²) in [4.78, 5) is 11.8. The molecule has 0 saturated carbocycles. The van der Waals surface area contributed by atoms with E-state index in [9.17, 15) is 13.2 Å². The van der Waals surface area contributed by atoms with E-state index in [2.05, 4.69) is 10.0 Å². The summed E-state index contributed by atoms with van der Waals surface area (Å²) < 4.78 is 31.6. The van der Waals surface area contributed by atoms with Crippen LogP contribution in [0, 0.1) is 0 Å². The lowest BCUT2D eigenvalue weighted by Gasteiger charge is -2.11. The Balaban J connectivity index is 3.08. The summed E-state index contributed by atoms with van der Waals surface area (Å²) in [6, 6.07) is 4.19. The van der Waals surface area contributed by atoms with E-state index in [1.165, 1.54) is 25.3 Å². The lowest BCUT2D eigenvalue weighted by atomic mass is 10.2. The third-order valence-electron chi connectivity index (χ3n) is 2.67. The lowest BCUT2D eigenvalue weighted by molar-refractivity contribution is 0.0951. The Labute approximate surface area is 124 Å². The number of carbonyl (C=O) groups excluding carboxylic acids is 1. The van der Waals surface area contributed by atoms with Crippen molar-refractivity contribution in [2.75, 3.05) is 26.8 Å². The average Bonchev–Trinajstić information content (AvgIpc) is 2.46. The molecule has 0 fully saturated rings. The fraction of sp³-hybridized carbons (Fsp3) is 0.462. The van der Waals surface area contributed by atoms with Crippen LogP contribution in [0.15, 0.2) is 23.1 Å². The molecule has 1 rings (SSSR count). The Bertz CT molecular complexity index is 586. The molecule has 7 nitrogen and oxygen atoms in total. The van der Waals surface area contributed by atoms with Gasteiger partial charge in [-0.2, -0.15) is 0 Å². The molecule has 0 aliphatic carbocycles. The van der Waals surface area contributed by atoms with Gasteiger partial charge in [0, 0.05) is 25.3 Å². The quantitative estimate of drug-likeness (QED) is 0.590. The number of hydrogen-bond donors (Lipinski definition) is 3. The first-order valence-electron chi connectivity index (χ1n) is 6.53. The standard InChI is InChI=1S/C13H20N2O5S/c1-3-15-21(18,19)12-9-10(5-6-11(12)20-2)13(17)14-7-4-8-16/h5-6,9,15-16H,3-4,7-8H2,1-2H3,(H,14,17). The third kappa shape index (κ3) is 4.69. The molecule has 3 N–H and O–H groups in total. The van der Waals surface area contributed by atoms with Gasteiger partial charge < -0.3 is 15.2 Å². The van der Waals surface area contributed by atoms with Crippen molar-refractivity contribution in [2.45, 2.75) is 18.2 Å². The smallest absolute Gasteiger partial charge is 0.251 e. The first kappa shape index (κ1) is 17.4. The largest absolute Gasteiger partial charge is 0.495 e. The first-order chi connectivity index (χ1) is 9.96. The minimum atomic E-state index is -3.73. The van der Waals surface area contributed by atoms with Crippen LogP contribution in [0.4, 0.5) is 0 Å². The predicted molar refractivity (Wildman–Crippen MR) is 77.9 cm³/mol. The van der Waals surface area contributed by atoms with Crippen molar-refractivity contribution >= 4 is 15.9 Å². The molecule has 8 heteroatoms. The summed E-state index contributed by atoms with van der Waals surface area (Å²) in [5.41, 5.74) is 0.213. The van der Waals surface area contributed by atoms with Crippen LogP contribution in [-0.4, -0.2) is 46.2 Å². The van der Waals surface area contributed by atoms with Crippen molar-refractivity contribution in [3.05, 3.63) is 23.8 Å². The normalized spacial score (nSPS) is 11.2. The molecular formula is C13H20N2O5S. The van der Waals surface area contributed by atoms with Gasteiger partial charge in [0.15, 0.2) is 0 Å². The number of rotatable bonds is 8. The summed E-state index contributed by atoms with van der Waals surface area (Å²) in [6.45, 7) is 2.19. The van der Waals surface area contributed by atoms with Gasteiger partial charge in [0.1, 0.15) is 10.6 Å². The van der Waals surface area contributed by atoms with Gasteiger partial charge in [0.25, 0.3) is 5.91 Å². The number of hydrogen-bond acceptors (Lipinski definition) is 5. The zero-order chi connectivity index (χ0) is 15.9. The van der Waals surface area contributed by atoms with E-state index in [4.69, 9.17) is 9.84 Å². The molecular weight excluding hydrogens is 296 g/mol. The van der Waals surface area contributed by atoms with Crippen LogP contribution in [0.3, 0.4) is 0 Å². The van der Waals surface area contributed by atoms with E-state index < -0.39 is 15.9 Å². The highest BCUT2D eigenvalue weighted by Crippen LogP contribution is 2.24. The Morgan fingerprint density at radius 2 is 2.10 bits per heavy atom. The lowest BCUT2D eigenvalue weighted by Crippen LogP contribution is -2.27. The van der Waals surface area contributed by atoms with Crippen molar-refractivity contribution in [1.29, 1.82) is 0 Å². The maximum absolute atomic E-state index is 12.1. The molecule has 0 bridgehead atoms. The van der Waals surface area contributed by atoms with Crippen LogP contribution in [0.2, 0.25) is 0 Å². The van der Waals surface area contributed by atoms with Crippen molar-refractivity contribution in [1.82, 2.24) is 10.0 Å². The van der Waals surface area contributed by atoms with E-state index in [1.807, 2.05) is 0 Å². The number of carbonyl (C=O) groups is 1. The molecule has 1 aromatic carbocycles. The van der Waals surface area contributed by atoms with Crippen LogP contribution in [0.1, 0.15) is 23.7 Å². The van der Waals surface area contributed by atoms with E-state index >= 15 is 0 Å². The zero-order valence-electron chi connectivity index (χ0n) is 12.0. The van der Waals surface area contributed by atoms with Gasteiger partial charge in [-0.1, -0.05) is 6.92 Å². The van der Waals surface area contributed by atoms with Crippen molar-refractivity contribution in [3.63, 3.8) is 0 Å². The second kappa shape index (κ2) is 7.96. The van der Waals surface area contributed by atoms with E-state index in [0.717, 1.165) is 0 Å². The molecule has 1 aromatic rings. The molecule has 0 aliphatic rings. The van der Waals surface area contributed by atoms with Crippen molar-refractivity contribution in [2.24, 2.45) is 0 Å². The monoisotopic (exact) mass is 316 g/mol. The summed E-state index contributed by atoms with van der Waals surface area (Å²) in [5, 5.41) is 11.3. The van der Waals surface area contributed by atoms with Crippen LogP contribution in [-0.2, 0) is 10.0 Å². The van der Waals surface area contributed by atoms with E-state index in [-0.39, 0.29) is 29.4 Å². The van der Waals surface area contributed by atoms with E-state index in [1.54, 1.807) is 6.92 Å². The van der Waals surface area contributed by atoms with Gasteiger partial charge in [-0.05, 0) is 24.6 Å². The van der Waals surface area contributed by atoms with Crippen molar-refractivity contribution < 1.29 is 23.1 Å². The Morgan fingerprint density at radius 3 is 2.67 bits per heavy atom. The first-order valence-corrected chi connectivity index (χ1v) is 8.01. The van der Waals surface area contributed by atoms with Gasteiger partial charge >= 0.3 is 0 Å². The van der Waals surface area contributed by atoms with Crippen molar-refractivity contribution in [3.8, 4) is 5.75 Å². The highest BCUT2D eigenvalue weighted by atomic mass is 32.2. The van der Waals surface area contributed by atoms with E-state index in [0.29, 0.717) is 13.0 Å². The number of nitrogens with one attached hydrogen (secondary N) is 2. The van der Waals surface area contributed by atoms with Crippen LogP contribution in [0.25, 0.3) is 0 Å². The SMILES string of the molecule is CCNS(=O)(=O)c1cc(C(=O)NCCCO)ccc1OC. The average molecular weight is 316 g/mol. The Morgan fingerprint density at radius 1 is 1.38 bits per heavy atom. The number of benzene rings is 1. The highest BCUT2D eigenvalue weighted by Gasteiger charge is 2.20. The van der Waals surface area contributed by atoms with Gasteiger partial charge in [0.05, 0.1) is 7.11 Å². The molecule has 0 aliphatic heterocycles. The predicted octanol–water partition coefficient (Wildman–Crippen LogP) is 0.106. The molecule has 0 spiro atoms. The minimum Gasteiger partial charge on any atom is -0.495 e. The van der Waals surface area contributed by atoms with Gasteiger partial charge in [0.2, 0.25) is 10.0 Å². The summed E-state index contributed by atoms with van der Waals surface area (Å²) in [7, 11) is -2.37. The maximum Gasteiger partial charge on any atom is 0.251 e. The fourth-order valence-electron chi connectivity index (χ4n) is 1.68. The Kier molecular flexibility index (Phi) is 6.60.